The van der Waals surface area contributed by atoms with E-state index in [1.165, 1.54) is 6.08 Å². The van der Waals surface area contributed by atoms with Crippen LogP contribution in [0.5, 0.6) is 5.88 Å². The van der Waals surface area contributed by atoms with Crippen LogP contribution in [0, 0.1) is 0 Å². The third-order valence-electron chi connectivity index (χ3n) is 1.99. The highest BCUT2D eigenvalue weighted by molar-refractivity contribution is 8.18. The van der Waals surface area contributed by atoms with E-state index in [1.807, 2.05) is 4.98 Å². The molecule has 0 unspecified atom stereocenters. The molecule has 2 rings (SSSR count). The van der Waals surface area contributed by atoms with Gasteiger partial charge in [0.2, 0.25) is 5.88 Å². The number of allylic oxidation sites excluding steroid dienone is 1. The first kappa shape index (κ1) is 12.2. The Bertz CT molecular complexity index is 670. The number of thioether (sulfide) groups is 1. The molecule has 9 heteroatoms. The lowest BCUT2D eigenvalue weighted by Crippen LogP contribution is -2.23. The van der Waals surface area contributed by atoms with Gasteiger partial charge in [-0.2, -0.15) is 5.26 Å². The van der Waals surface area contributed by atoms with Gasteiger partial charge < -0.3 is 5.11 Å². The van der Waals surface area contributed by atoms with Crippen molar-refractivity contribution in [2.24, 2.45) is 5.16 Å². The SMILES string of the molecule is O=c1[nH]c(O)c(C=C2C=CC(=NOO)S2)c(=O)[nH]1. The van der Waals surface area contributed by atoms with Crippen molar-refractivity contribution in [3.8, 4) is 5.88 Å². The van der Waals surface area contributed by atoms with Gasteiger partial charge in [-0.15, -0.1) is 0 Å². The molecule has 8 nitrogen and oxygen atoms in total. The third-order valence-corrected chi connectivity index (χ3v) is 2.90. The molecule has 1 aromatic heterocycles. The van der Waals surface area contributed by atoms with Crippen LogP contribution in [0.15, 0.2) is 31.8 Å². The summed E-state index contributed by atoms with van der Waals surface area (Å²) in [5.74, 6) is -0.519. The van der Waals surface area contributed by atoms with Crippen molar-refractivity contribution < 1.29 is 15.4 Å². The minimum Gasteiger partial charge on any atom is -0.494 e. The van der Waals surface area contributed by atoms with Gasteiger partial charge in [0.05, 0.1) is 0 Å². The number of nitrogens with zero attached hydrogens (tertiary/aromatic N) is 1. The molecule has 0 atom stereocenters. The lowest BCUT2D eigenvalue weighted by atomic mass is 10.3. The number of oxime groups is 1. The highest BCUT2D eigenvalue weighted by atomic mass is 32.2. The summed E-state index contributed by atoms with van der Waals surface area (Å²) in [6.45, 7) is 0. The van der Waals surface area contributed by atoms with E-state index in [0.29, 0.717) is 9.95 Å². The predicted molar refractivity (Wildman–Crippen MR) is 65.2 cm³/mol. The Labute approximate surface area is 103 Å². The fourth-order valence-electron chi connectivity index (χ4n) is 1.27. The Morgan fingerprint density at radius 1 is 1.33 bits per heavy atom. The molecule has 0 aliphatic carbocycles. The smallest absolute Gasteiger partial charge is 0.328 e. The van der Waals surface area contributed by atoms with E-state index in [-0.39, 0.29) is 5.56 Å². The number of rotatable bonds is 2. The van der Waals surface area contributed by atoms with Gasteiger partial charge >= 0.3 is 5.69 Å². The highest BCUT2D eigenvalue weighted by Crippen LogP contribution is 2.29. The first-order valence-corrected chi connectivity index (χ1v) is 5.43. The first-order chi connectivity index (χ1) is 8.60. The van der Waals surface area contributed by atoms with Gasteiger partial charge in [-0.1, -0.05) is 11.8 Å². The number of hydrogen-bond donors (Lipinski definition) is 4. The van der Waals surface area contributed by atoms with Crippen LogP contribution in [0.1, 0.15) is 5.56 Å². The van der Waals surface area contributed by atoms with Crippen molar-refractivity contribution in [2.45, 2.75) is 0 Å². The van der Waals surface area contributed by atoms with Gasteiger partial charge in [0.1, 0.15) is 10.6 Å². The normalized spacial score (nSPS) is 18.7. The van der Waals surface area contributed by atoms with Gasteiger partial charge in [-0.3, -0.25) is 14.8 Å². The fourth-order valence-corrected chi connectivity index (χ4v) is 2.03. The lowest BCUT2D eigenvalue weighted by Gasteiger charge is -1.98. The average Bonchev–Trinajstić information content (AvgIpc) is 2.72. The van der Waals surface area contributed by atoms with E-state index in [9.17, 15) is 14.7 Å². The maximum Gasteiger partial charge on any atom is 0.328 e. The summed E-state index contributed by atoms with van der Waals surface area (Å²) in [7, 11) is 0. The minimum absolute atomic E-state index is 0.0760. The van der Waals surface area contributed by atoms with Crippen LogP contribution in [0.25, 0.3) is 6.08 Å². The molecule has 0 aromatic carbocycles. The molecular formula is C9H7N3O5S. The van der Waals surface area contributed by atoms with Crippen molar-refractivity contribution in [1.29, 1.82) is 0 Å². The van der Waals surface area contributed by atoms with Gasteiger partial charge in [0.25, 0.3) is 5.56 Å². The van der Waals surface area contributed by atoms with E-state index in [1.54, 1.807) is 12.2 Å². The summed E-state index contributed by atoms with van der Waals surface area (Å²) < 4.78 is 0. The highest BCUT2D eigenvalue weighted by Gasteiger charge is 2.12. The zero-order valence-electron chi connectivity index (χ0n) is 8.71. The Balaban J connectivity index is 2.37. The van der Waals surface area contributed by atoms with Crippen LogP contribution in [-0.2, 0) is 4.99 Å². The molecule has 1 aliphatic heterocycles. The summed E-state index contributed by atoms with van der Waals surface area (Å²) in [6, 6.07) is 0. The Morgan fingerprint density at radius 3 is 2.78 bits per heavy atom. The largest absolute Gasteiger partial charge is 0.494 e. The zero-order valence-corrected chi connectivity index (χ0v) is 9.52. The second kappa shape index (κ2) is 4.94. The van der Waals surface area contributed by atoms with E-state index >= 15 is 0 Å². The van der Waals surface area contributed by atoms with Crippen molar-refractivity contribution >= 4 is 22.9 Å². The number of nitrogens with one attached hydrogen (secondary N) is 2. The number of aromatic hydroxyl groups is 1. The molecule has 18 heavy (non-hydrogen) atoms. The summed E-state index contributed by atoms with van der Waals surface area (Å²) >= 11 is 1.11. The van der Waals surface area contributed by atoms with E-state index in [4.69, 9.17) is 5.26 Å². The third kappa shape index (κ3) is 2.52. The van der Waals surface area contributed by atoms with Crippen LogP contribution in [0.2, 0.25) is 0 Å². The molecule has 0 fully saturated rings. The molecule has 0 spiro atoms. The summed E-state index contributed by atoms with van der Waals surface area (Å²) in [5.41, 5.74) is -1.57. The Hall–Kier alpha value is -2.26. The molecule has 2 heterocycles. The van der Waals surface area contributed by atoms with Crippen LogP contribution in [0.4, 0.5) is 0 Å². The topological polar surface area (TPSA) is 128 Å². The second-order valence-electron chi connectivity index (χ2n) is 3.16. The molecule has 0 saturated heterocycles. The van der Waals surface area contributed by atoms with Crippen LogP contribution < -0.4 is 11.2 Å². The maximum absolute atomic E-state index is 11.4. The standard InChI is InChI=1S/C9H7N3O5S/c13-7-5(8(14)11-9(15)10-7)3-4-1-2-6(18-4)12-17-16/h1-3,16H,(H3,10,11,13,14,15). The van der Waals surface area contributed by atoms with E-state index in [2.05, 4.69) is 15.1 Å². The van der Waals surface area contributed by atoms with Crippen molar-refractivity contribution in [3.63, 3.8) is 0 Å². The number of H-pyrrole nitrogens is 2. The number of aromatic amines is 2. The van der Waals surface area contributed by atoms with Gasteiger partial charge in [-0.05, 0) is 23.4 Å². The Morgan fingerprint density at radius 2 is 2.11 bits per heavy atom. The molecule has 0 radical (unpaired) electrons. The number of aromatic nitrogens is 2. The van der Waals surface area contributed by atoms with Gasteiger partial charge in [0.15, 0.2) is 0 Å². The van der Waals surface area contributed by atoms with E-state index < -0.39 is 17.1 Å². The van der Waals surface area contributed by atoms with Crippen LogP contribution in [0.3, 0.4) is 0 Å². The average molecular weight is 269 g/mol. The van der Waals surface area contributed by atoms with Gasteiger partial charge in [-0.25, -0.2) is 9.78 Å². The molecule has 1 aliphatic rings. The molecule has 0 amide bonds. The zero-order chi connectivity index (χ0) is 13.1. The van der Waals surface area contributed by atoms with Crippen LogP contribution >= 0.6 is 11.8 Å². The lowest BCUT2D eigenvalue weighted by molar-refractivity contribution is -0.242. The monoisotopic (exact) mass is 269 g/mol. The van der Waals surface area contributed by atoms with Crippen molar-refractivity contribution in [2.75, 3.05) is 0 Å². The fraction of sp³-hybridized carbons (Fsp3) is 0. The van der Waals surface area contributed by atoms with Crippen molar-refractivity contribution in [3.05, 3.63) is 43.5 Å². The van der Waals surface area contributed by atoms with Gasteiger partial charge in [0, 0.05) is 4.91 Å². The molecule has 1 aromatic rings. The summed E-state index contributed by atoms with van der Waals surface area (Å²) in [6.07, 6.45) is 4.52. The van der Waals surface area contributed by atoms with E-state index in [0.717, 1.165) is 11.8 Å². The number of hydrogen-bond acceptors (Lipinski definition) is 7. The molecule has 0 saturated carbocycles. The maximum atomic E-state index is 11.4. The summed E-state index contributed by atoms with van der Waals surface area (Å²) in [5, 5.41) is 21.2. The predicted octanol–water partition coefficient (Wildman–Crippen LogP) is 0.216. The molecule has 0 bridgehead atoms. The minimum atomic E-state index is -0.787. The van der Waals surface area contributed by atoms with Crippen LogP contribution in [-0.4, -0.2) is 25.4 Å². The first-order valence-electron chi connectivity index (χ1n) is 4.62. The molecule has 94 valence electrons. The van der Waals surface area contributed by atoms with Crippen molar-refractivity contribution in [1.82, 2.24) is 9.97 Å². The molecule has 4 N–H and O–H groups in total. The Kier molecular flexibility index (Phi) is 3.35. The quantitative estimate of drug-likeness (QED) is 0.449. The molecular weight excluding hydrogens is 262 g/mol. The summed E-state index contributed by atoms with van der Waals surface area (Å²) in [4.78, 5) is 30.6. The second-order valence-corrected chi connectivity index (χ2v) is 4.26.